The highest BCUT2D eigenvalue weighted by atomic mass is 35.5. The highest BCUT2D eigenvalue weighted by Crippen LogP contribution is 2.28. The van der Waals surface area contributed by atoms with Crippen LogP contribution in [0.5, 0.6) is 0 Å². The van der Waals surface area contributed by atoms with Crippen molar-refractivity contribution in [2.24, 2.45) is 0 Å². The summed E-state index contributed by atoms with van der Waals surface area (Å²) in [6.07, 6.45) is 0. The maximum atomic E-state index is 12.0. The normalized spacial score (nSPS) is 12.7. The number of benzene rings is 2. The average Bonchev–Trinajstić information content (AvgIpc) is 2.88. The van der Waals surface area contributed by atoms with E-state index in [1.54, 1.807) is 24.3 Å². The molecule has 3 rings (SSSR count). The van der Waals surface area contributed by atoms with Crippen LogP contribution in [0.2, 0.25) is 10.0 Å². The van der Waals surface area contributed by atoms with E-state index in [2.05, 4.69) is 5.32 Å². The van der Waals surface area contributed by atoms with Crippen molar-refractivity contribution in [2.45, 2.75) is 0 Å². The number of para-hydroxylation sites is 1. The summed E-state index contributed by atoms with van der Waals surface area (Å²) in [6, 6.07) is 10.8. The van der Waals surface area contributed by atoms with E-state index in [4.69, 9.17) is 27.9 Å². The molecule has 7 nitrogen and oxygen atoms in total. The van der Waals surface area contributed by atoms with Gasteiger partial charge >= 0.3 is 5.97 Å². The van der Waals surface area contributed by atoms with Crippen LogP contribution in [0.25, 0.3) is 0 Å². The number of fused-ring (bicyclic) bond motifs is 1. The van der Waals surface area contributed by atoms with Crippen LogP contribution in [0, 0.1) is 0 Å². The molecule has 0 saturated heterocycles. The number of amides is 2. The van der Waals surface area contributed by atoms with Crippen molar-refractivity contribution in [1.29, 1.82) is 0 Å². The molecule has 0 radical (unpaired) electrons. The van der Waals surface area contributed by atoms with Crippen molar-refractivity contribution in [3.8, 4) is 0 Å². The molecular formula is C18H12Cl2N2O5. The molecule has 2 amide bonds. The van der Waals surface area contributed by atoms with Gasteiger partial charge in [0, 0.05) is 5.69 Å². The Morgan fingerprint density at radius 1 is 1.04 bits per heavy atom. The van der Waals surface area contributed by atoms with Gasteiger partial charge in [-0.3, -0.25) is 24.1 Å². The SMILES string of the molecule is O=C(COC(=O)CN1C(=O)C(=O)c2ccccc21)Nc1ccc(Cl)c(Cl)c1. The Bertz CT molecular complexity index is 961. The summed E-state index contributed by atoms with van der Waals surface area (Å²) in [5.74, 6) is -2.91. The Kier molecular flexibility index (Phi) is 5.43. The van der Waals surface area contributed by atoms with Gasteiger partial charge in [0.1, 0.15) is 6.54 Å². The van der Waals surface area contributed by atoms with Gasteiger partial charge in [0.15, 0.2) is 6.61 Å². The molecule has 0 spiro atoms. The molecule has 0 atom stereocenters. The van der Waals surface area contributed by atoms with Gasteiger partial charge in [0.25, 0.3) is 17.6 Å². The summed E-state index contributed by atoms with van der Waals surface area (Å²) in [6.45, 7) is -1.03. The number of halogens is 2. The molecule has 9 heteroatoms. The number of carbonyl (C=O) groups is 4. The molecule has 0 aromatic heterocycles. The number of anilines is 2. The first-order chi connectivity index (χ1) is 12.9. The molecule has 27 heavy (non-hydrogen) atoms. The highest BCUT2D eigenvalue weighted by molar-refractivity contribution is 6.52. The van der Waals surface area contributed by atoms with E-state index in [-0.39, 0.29) is 10.6 Å². The smallest absolute Gasteiger partial charge is 0.326 e. The van der Waals surface area contributed by atoms with E-state index >= 15 is 0 Å². The van der Waals surface area contributed by atoms with Crippen molar-refractivity contribution in [3.05, 3.63) is 58.1 Å². The zero-order chi connectivity index (χ0) is 19.6. The minimum absolute atomic E-state index is 0.229. The monoisotopic (exact) mass is 406 g/mol. The standard InChI is InChI=1S/C18H12Cl2N2O5/c19-12-6-5-10(7-13(12)20)21-15(23)9-27-16(24)8-22-14-4-2-1-3-11(14)17(25)18(22)26/h1-7H,8-9H2,(H,21,23). The largest absolute Gasteiger partial charge is 0.454 e. The van der Waals surface area contributed by atoms with Gasteiger partial charge in [-0.15, -0.1) is 0 Å². The fraction of sp³-hybridized carbons (Fsp3) is 0.111. The molecular weight excluding hydrogens is 395 g/mol. The van der Waals surface area contributed by atoms with E-state index in [9.17, 15) is 19.2 Å². The van der Waals surface area contributed by atoms with Crippen molar-refractivity contribution >= 4 is 58.1 Å². The van der Waals surface area contributed by atoms with Crippen LogP contribution in [0.15, 0.2) is 42.5 Å². The Morgan fingerprint density at radius 2 is 1.78 bits per heavy atom. The van der Waals surface area contributed by atoms with Crippen molar-refractivity contribution in [2.75, 3.05) is 23.4 Å². The quantitative estimate of drug-likeness (QED) is 0.608. The third-order valence-electron chi connectivity index (χ3n) is 3.73. The molecule has 1 heterocycles. The van der Waals surface area contributed by atoms with Gasteiger partial charge in [-0.05, 0) is 30.3 Å². The number of nitrogens with one attached hydrogen (secondary N) is 1. The molecule has 0 unspecified atom stereocenters. The van der Waals surface area contributed by atoms with Crippen LogP contribution in [0.1, 0.15) is 10.4 Å². The third-order valence-corrected chi connectivity index (χ3v) is 4.47. The fourth-order valence-corrected chi connectivity index (χ4v) is 2.80. The number of Topliss-reactive ketones (excluding diaryl/α,β-unsaturated/α-hetero) is 1. The highest BCUT2D eigenvalue weighted by Gasteiger charge is 2.36. The second kappa shape index (κ2) is 7.77. The summed E-state index contributed by atoms with van der Waals surface area (Å²) in [4.78, 5) is 48.7. The first-order valence-corrected chi connectivity index (χ1v) is 8.48. The molecule has 0 bridgehead atoms. The lowest BCUT2D eigenvalue weighted by Crippen LogP contribution is -2.36. The van der Waals surface area contributed by atoms with Crippen LogP contribution >= 0.6 is 23.2 Å². The minimum Gasteiger partial charge on any atom is -0.454 e. The van der Waals surface area contributed by atoms with Gasteiger partial charge in [-0.2, -0.15) is 0 Å². The molecule has 1 aliphatic rings. The molecule has 2 aromatic rings. The molecule has 138 valence electrons. The number of hydrogen-bond donors (Lipinski definition) is 1. The van der Waals surface area contributed by atoms with Crippen molar-refractivity contribution in [1.82, 2.24) is 0 Å². The van der Waals surface area contributed by atoms with Gasteiger partial charge in [-0.1, -0.05) is 35.3 Å². The molecule has 1 N–H and O–H groups in total. The average molecular weight is 407 g/mol. The first-order valence-electron chi connectivity index (χ1n) is 7.72. The second-order valence-electron chi connectivity index (χ2n) is 5.58. The van der Waals surface area contributed by atoms with E-state index in [0.29, 0.717) is 16.4 Å². The number of rotatable bonds is 5. The lowest BCUT2D eigenvalue weighted by atomic mass is 10.1. The van der Waals surface area contributed by atoms with Crippen LogP contribution in [0.3, 0.4) is 0 Å². The predicted octanol–water partition coefficient (Wildman–Crippen LogP) is 2.70. The van der Waals surface area contributed by atoms with E-state index in [1.807, 2.05) is 0 Å². The number of nitrogens with zero attached hydrogens (tertiary/aromatic N) is 1. The maximum absolute atomic E-state index is 12.0. The van der Waals surface area contributed by atoms with E-state index in [0.717, 1.165) is 4.90 Å². The van der Waals surface area contributed by atoms with Crippen molar-refractivity contribution in [3.63, 3.8) is 0 Å². The maximum Gasteiger partial charge on any atom is 0.326 e. The lowest BCUT2D eigenvalue weighted by molar-refractivity contribution is -0.146. The van der Waals surface area contributed by atoms with Crippen LogP contribution in [0.4, 0.5) is 11.4 Å². The summed E-state index contributed by atoms with van der Waals surface area (Å²) in [7, 11) is 0. The van der Waals surface area contributed by atoms with Crippen LogP contribution < -0.4 is 10.2 Å². The first kappa shape index (κ1) is 18.9. The molecule has 2 aromatic carbocycles. The van der Waals surface area contributed by atoms with Crippen LogP contribution in [-0.2, 0) is 19.1 Å². The number of hydrogen-bond acceptors (Lipinski definition) is 5. The Morgan fingerprint density at radius 3 is 2.52 bits per heavy atom. The third kappa shape index (κ3) is 4.10. The zero-order valence-corrected chi connectivity index (χ0v) is 15.2. The molecule has 0 aliphatic carbocycles. The summed E-state index contributed by atoms with van der Waals surface area (Å²) >= 11 is 11.6. The Balaban J connectivity index is 1.55. The molecule has 0 saturated carbocycles. The number of ether oxygens (including phenoxy) is 1. The van der Waals surface area contributed by atoms with E-state index < -0.39 is 36.7 Å². The minimum atomic E-state index is -0.822. The number of ketones is 1. The van der Waals surface area contributed by atoms with Gasteiger partial charge in [0.05, 0.1) is 21.3 Å². The van der Waals surface area contributed by atoms with Crippen LogP contribution in [-0.4, -0.2) is 36.7 Å². The predicted molar refractivity (Wildman–Crippen MR) is 99.2 cm³/mol. The number of carbonyl (C=O) groups excluding carboxylic acids is 4. The topological polar surface area (TPSA) is 92.8 Å². The summed E-state index contributed by atoms with van der Waals surface area (Å²) < 4.78 is 4.88. The van der Waals surface area contributed by atoms with Gasteiger partial charge < -0.3 is 10.1 Å². The fourth-order valence-electron chi connectivity index (χ4n) is 2.50. The second-order valence-corrected chi connectivity index (χ2v) is 6.39. The Hall–Kier alpha value is -2.90. The van der Waals surface area contributed by atoms with Crippen molar-refractivity contribution < 1.29 is 23.9 Å². The molecule has 1 aliphatic heterocycles. The number of esters is 1. The van der Waals surface area contributed by atoms with Gasteiger partial charge in [-0.25, -0.2) is 0 Å². The van der Waals surface area contributed by atoms with Gasteiger partial charge in [0.2, 0.25) is 0 Å². The zero-order valence-electron chi connectivity index (χ0n) is 13.7. The summed E-state index contributed by atoms with van der Waals surface area (Å²) in [5.41, 5.74) is 0.956. The summed E-state index contributed by atoms with van der Waals surface area (Å²) in [5, 5.41) is 3.10. The molecule has 0 fully saturated rings. The van der Waals surface area contributed by atoms with E-state index in [1.165, 1.54) is 18.2 Å². The lowest BCUT2D eigenvalue weighted by Gasteiger charge is -2.15. The Labute approximate surface area is 163 Å².